The van der Waals surface area contributed by atoms with Crippen LogP contribution in [0.3, 0.4) is 0 Å². The summed E-state index contributed by atoms with van der Waals surface area (Å²) in [7, 11) is 0. The Morgan fingerprint density at radius 1 is 1.27 bits per heavy atom. The first-order valence-electron chi connectivity index (χ1n) is 4.54. The molecule has 0 fully saturated rings. The molecule has 0 aliphatic rings. The number of nitrogens with zero attached hydrogens (tertiary/aromatic N) is 1. The molecule has 2 aromatic rings. The molecule has 2 N–H and O–H groups in total. The molecular weight excluding hydrogens is 208 g/mol. The molecule has 76 valence electrons. The van der Waals surface area contributed by atoms with Gasteiger partial charge in [-0.2, -0.15) is 4.37 Å². The van der Waals surface area contributed by atoms with Crippen molar-refractivity contribution in [1.29, 1.82) is 0 Å². The first-order valence-corrected chi connectivity index (χ1v) is 5.38. The Hall–Kier alpha value is -1.52. The van der Waals surface area contributed by atoms with Crippen LogP contribution in [0.5, 0.6) is 0 Å². The number of carbonyl (C=O) groups excluding carboxylic acids is 1. The minimum absolute atomic E-state index is 0.137. The summed E-state index contributed by atoms with van der Waals surface area (Å²) in [5.74, 6) is -0.137. The molecule has 0 radical (unpaired) electrons. The Kier molecular flexibility index (Phi) is 2.89. The number of hydrogen-bond acceptors (Lipinski definition) is 4. The monoisotopic (exact) mass is 218 g/mol. The van der Waals surface area contributed by atoms with Crippen LogP contribution in [0.2, 0.25) is 0 Å². The maximum absolute atomic E-state index is 11.8. The topological polar surface area (TPSA) is 56.0 Å². The average Bonchev–Trinajstić information content (AvgIpc) is 2.82. The third-order valence-electron chi connectivity index (χ3n) is 2.13. The smallest absolute Gasteiger partial charge is 0.203 e. The van der Waals surface area contributed by atoms with Crippen molar-refractivity contribution >= 4 is 17.3 Å². The molecule has 1 aromatic heterocycles. The van der Waals surface area contributed by atoms with Gasteiger partial charge in [0.25, 0.3) is 0 Å². The van der Waals surface area contributed by atoms with E-state index in [1.165, 1.54) is 11.5 Å². The van der Waals surface area contributed by atoms with Crippen LogP contribution in [0, 0.1) is 0 Å². The van der Waals surface area contributed by atoms with E-state index in [4.69, 9.17) is 5.73 Å². The Labute approximate surface area is 91.7 Å². The molecule has 0 amide bonds. The summed E-state index contributed by atoms with van der Waals surface area (Å²) in [6, 6.07) is 10.4. The molecule has 0 aliphatic carbocycles. The van der Waals surface area contributed by atoms with E-state index in [-0.39, 0.29) is 5.78 Å². The maximum atomic E-state index is 11.8. The van der Waals surface area contributed by atoms with Crippen LogP contribution in [-0.4, -0.2) is 10.2 Å². The van der Waals surface area contributed by atoms with E-state index >= 15 is 0 Å². The molecule has 0 saturated heterocycles. The number of aromatic nitrogens is 1. The molecule has 4 heteroatoms. The molecular formula is C11H10N2OS. The number of benzene rings is 1. The van der Waals surface area contributed by atoms with Gasteiger partial charge in [-0.15, -0.1) is 0 Å². The second kappa shape index (κ2) is 4.33. The number of rotatable bonds is 3. The van der Waals surface area contributed by atoms with Crippen molar-refractivity contribution in [3.63, 3.8) is 0 Å². The number of ketones is 1. The van der Waals surface area contributed by atoms with Gasteiger partial charge < -0.3 is 5.73 Å². The molecule has 1 heterocycles. The Morgan fingerprint density at radius 2 is 2.00 bits per heavy atom. The van der Waals surface area contributed by atoms with Gasteiger partial charge in [-0.1, -0.05) is 30.3 Å². The van der Waals surface area contributed by atoms with Crippen LogP contribution in [0.25, 0.3) is 0 Å². The summed E-state index contributed by atoms with van der Waals surface area (Å²) in [6.45, 7) is 0. The number of Topliss-reactive ketones (excluding diaryl/α,β-unsaturated/α-hetero) is 1. The fraction of sp³-hybridized carbons (Fsp3) is 0.0909. The van der Waals surface area contributed by atoms with Crippen LogP contribution in [0.15, 0.2) is 41.8 Å². The van der Waals surface area contributed by atoms with Gasteiger partial charge in [0.2, 0.25) is 5.78 Å². The van der Waals surface area contributed by atoms with Gasteiger partial charge in [0.1, 0.15) is 5.69 Å². The van der Waals surface area contributed by atoms with E-state index in [9.17, 15) is 4.79 Å². The van der Waals surface area contributed by atoms with E-state index in [0.29, 0.717) is 5.69 Å². The predicted octanol–water partition coefficient (Wildman–Crippen LogP) is 2.03. The lowest BCUT2D eigenvalue weighted by Gasteiger charge is -2.08. The van der Waals surface area contributed by atoms with Crippen LogP contribution in [0.1, 0.15) is 22.1 Å². The highest BCUT2D eigenvalue weighted by Crippen LogP contribution is 2.15. The zero-order chi connectivity index (χ0) is 10.7. The van der Waals surface area contributed by atoms with Crippen molar-refractivity contribution in [3.05, 3.63) is 53.0 Å². The molecule has 1 aromatic carbocycles. The second-order valence-electron chi connectivity index (χ2n) is 3.14. The SMILES string of the molecule is N[C@@H](C(=O)c1ccsn1)c1ccccc1. The van der Waals surface area contributed by atoms with Crippen molar-refractivity contribution in [1.82, 2.24) is 4.37 Å². The average molecular weight is 218 g/mol. The largest absolute Gasteiger partial charge is 0.317 e. The van der Waals surface area contributed by atoms with Crippen LogP contribution in [0.4, 0.5) is 0 Å². The van der Waals surface area contributed by atoms with E-state index in [1.54, 1.807) is 11.4 Å². The third-order valence-corrected chi connectivity index (χ3v) is 2.69. The molecule has 0 unspecified atom stereocenters. The molecule has 0 saturated carbocycles. The van der Waals surface area contributed by atoms with Gasteiger partial charge in [-0.25, -0.2) is 0 Å². The first-order chi connectivity index (χ1) is 7.29. The summed E-state index contributed by atoms with van der Waals surface area (Å²) in [4.78, 5) is 11.8. The van der Waals surface area contributed by atoms with Gasteiger partial charge in [0.05, 0.1) is 6.04 Å². The lowest BCUT2D eigenvalue weighted by molar-refractivity contribution is 0.0957. The Morgan fingerprint density at radius 3 is 2.60 bits per heavy atom. The normalized spacial score (nSPS) is 12.3. The highest BCUT2D eigenvalue weighted by atomic mass is 32.1. The first kappa shape index (κ1) is 10.0. The summed E-state index contributed by atoms with van der Waals surface area (Å²) < 4.78 is 3.97. The third kappa shape index (κ3) is 2.11. The van der Waals surface area contributed by atoms with E-state index < -0.39 is 6.04 Å². The lowest BCUT2D eigenvalue weighted by Crippen LogP contribution is -2.21. The minimum Gasteiger partial charge on any atom is -0.317 e. The zero-order valence-corrected chi connectivity index (χ0v) is 8.78. The van der Waals surface area contributed by atoms with Crippen molar-refractivity contribution in [2.45, 2.75) is 6.04 Å². The Balaban J connectivity index is 2.23. The van der Waals surface area contributed by atoms with Crippen molar-refractivity contribution < 1.29 is 4.79 Å². The van der Waals surface area contributed by atoms with E-state index in [2.05, 4.69) is 4.37 Å². The predicted molar refractivity (Wildman–Crippen MR) is 59.8 cm³/mol. The van der Waals surface area contributed by atoms with E-state index in [1.807, 2.05) is 30.3 Å². The quantitative estimate of drug-likeness (QED) is 0.802. The van der Waals surface area contributed by atoms with Crippen molar-refractivity contribution in [3.8, 4) is 0 Å². The molecule has 0 aliphatic heterocycles. The fourth-order valence-corrected chi connectivity index (χ4v) is 1.83. The highest BCUT2D eigenvalue weighted by Gasteiger charge is 2.18. The molecule has 1 atom stereocenters. The number of carbonyl (C=O) groups is 1. The maximum Gasteiger partial charge on any atom is 0.203 e. The van der Waals surface area contributed by atoms with Crippen LogP contribution < -0.4 is 5.73 Å². The minimum atomic E-state index is -0.617. The molecule has 3 nitrogen and oxygen atoms in total. The summed E-state index contributed by atoms with van der Waals surface area (Å²) in [5, 5.41) is 1.77. The Bertz CT molecular complexity index is 439. The summed E-state index contributed by atoms with van der Waals surface area (Å²) >= 11 is 1.25. The van der Waals surface area contributed by atoms with Gasteiger partial charge in [-0.05, 0) is 23.2 Å². The molecule has 0 spiro atoms. The van der Waals surface area contributed by atoms with Crippen molar-refractivity contribution in [2.24, 2.45) is 5.73 Å². The highest BCUT2D eigenvalue weighted by molar-refractivity contribution is 7.03. The number of nitrogens with two attached hydrogens (primary N) is 1. The summed E-state index contributed by atoms with van der Waals surface area (Å²) in [5.41, 5.74) is 7.10. The molecule has 15 heavy (non-hydrogen) atoms. The van der Waals surface area contributed by atoms with Crippen molar-refractivity contribution in [2.75, 3.05) is 0 Å². The van der Waals surface area contributed by atoms with Crippen LogP contribution >= 0.6 is 11.5 Å². The van der Waals surface area contributed by atoms with Gasteiger partial charge in [-0.3, -0.25) is 4.79 Å². The molecule has 0 bridgehead atoms. The number of hydrogen-bond donors (Lipinski definition) is 1. The molecule has 2 rings (SSSR count). The van der Waals surface area contributed by atoms with Crippen LogP contribution in [-0.2, 0) is 0 Å². The lowest BCUT2D eigenvalue weighted by atomic mass is 10.0. The fourth-order valence-electron chi connectivity index (χ4n) is 1.31. The summed E-state index contributed by atoms with van der Waals surface area (Å²) in [6.07, 6.45) is 0. The van der Waals surface area contributed by atoms with Gasteiger partial charge >= 0.3 is 0 Å². The standard InChI is InChI=1S/C11H10N2OS/c12-10(8-4-2-1-3-5-8)11(14)9-6-7-15-13-9/h1-7,10H,12H2/t10-/m1/s1. The van der Waals surface area contributed by atoms with Gasteiger partial charge in [0, 0.05) is 5.38 Å². The second-order valence-corrected chi connectivity index (χ2v) is 3.80. The van der Waals surface area contributed by atoms with Gasteiger partial charge in [0.15, 0.2) is 0 Å². The van der Waals surface area contributed by atoms with E-state index in [0.717, 1.165) is 5.56 Å². The zero-order valence-electron chi connectivity index (χ0n) is 7.96.